The van der Waals surface area contributed by atoms with Gasteiger partial charge < -0.3 is 4.42 Å². The van der Waals surface area contributed by atoms with Gasteiger partial charge in [0.25, 0.3) is 0 Å². The van der Waals surface area contributed by atoms with Gasteiger partial charge in [-0.15, -0.1) is 0 Å². The molecule has 1 heterocycles. The van der Waals surface area contributed by atoms with E-state index in [9.17, 15) is 0 Å². The van der Waals surface area contributed by atoms with Gasteiger partial charge in [0.15, 0.2) is 0 Å². The van der Waals surface area contributed by atoms with Crippen LogP contribution < -0.4 is 0 Å². The molecule has 0 bridgehead atoms. The number of para-hydroxylation sites is 1. The average molecular weight is 578 g/mol. The summed E-state index contributed by atoms with van der Waals surface area (Å²) in [6, 6.07) is 46.0. The molecule has 0 spiro atoms. The van der Waals surface area contributed by atoms with Crippen LogP contribution in [0, 0.1) is 0 Å². The van der Waals surface area contributed by atoms with E-state index in [0.717, 1.165) is 65.7 Å². The minimum atomic E-state index is -0.419. The van der Waals surface area contributed by atoms with Crippen LogP contribution in [0.1, 0.15) is 6.85 Å². The Kier molecular flexibility index (Phi) is 4.81. The normalized spacial score (nSPS) is 13.1. The van der Waals surface area contributed by atoms with Crippen LogP contribution >= 0.6 is 0 Å². The van der Waals surface area contributed by atoms with Crippen LogP contribution in [0.15, 0.2) is 174 Å². The molecule has 45 heavy (non-hydrogen) atoms. The molecule has 0 amide bonds. The van der Waals surface area contributed by atoms with E-state index in [1.165, 1.54) is 0 Å². The van der Waals surface area contributed by atoms with Gasteiger partial charge in [-0.05, 0) is 90.3 Å². The zero-order valence-electron chi connectivity index (χ0n) is 29.2. The van der Waals surface area contributed by atoms with Crippen molar-refractivity contribution < 1.29 is 11.3 Å². The summed E-state index contributed by atoms with van der Waals surface area (Å²) in [6.07, 6.45) is 0. The molecule has 9 rings (SSSR count). The highest BCUT2D eigenvalue weighted by Crippen LogP contribution is 2.48. The van der Waals surface area contributed by atoms with Gasteiger partial charge in [0.05, 0.1) is 6.85 Å². The zero-order chi connectivity index (χ0) is 34.1. The minimum absolute atomic E-state index is 0.141. The van der Waals surface area contributed by atoms with Gasteiger partial charge >= 0.3 is 0 Å². The predicted molar refractivity (Wildman–Crippen MR) is 190 cm³/mol. The highest BCUT2D eigenvalue weighted by molar-refractivity contribution is 6.26. The molecule has 0 N–H and O–H groups in total. The molecule has 0 fully saturated rings. The molecular formula is C44H28O. The van der Waals surface area contributed by atoms with E-state index in [1.54, 1.807) is 6.07 Å². The highest BCUT2D eigenvalue weighted by atomic mass is 16.3. The number of hydrogen-bond donors (Lipinski definition) is 0. The second-order valence-corrected chi connectivity index (χ2v) is 11.3. The fourth-order valence-electron chi connectivity index (χ4n) is 6.80. The molecule has 8 aromatic carbocycles. The summed E-state index contributed by atoms with van der Waals surface area (Å²) in [5.41, 5.74) is 8.32. The lowest BCUT2D eigenvalue weighted by Gasteiger charge is -2.19. The summed E-state index contributed by atoms with van der Waals surface area (Å²) >= 11 is 0. The molecule has 1 nitrogen and oxygen atoms in total. The van der Waals surface area contributed by atoms with Gasteiger partial charge in [0, 0.05) is 10.8 Å². The SMILES string of the molecule is [2H]c1c([2H])c([2H])c(-c2cc(-c3c4ccccc4c(-c4cccc(-c5ccccc5)c4)c4ccccc34)c3c(c2)oc2ccccc23)c([2H])c1[2H]. The third kappa shape index (κ3) is 4.17. The molecule has 0 saturated heterocycles. The Morgan fingerprint density at radius 1 is 0.378 bits per heavy atom. The Morgan fingerprint density at radius 2 is 0.956 bits per heavy atom. The summed E-state index contributed by atoms with van der Waals surface area (Å²) in [7, 11) is 0. The largest absolute Gasteiger partial charge is 0.456 e. The van der Waals surface area contributed by atoms with E-state index in [1.807, 2.05) is 36.4 Å². The van der Waals surface area contributed by atoms with Crippen LogP contribution in [0.5, 0.6) is 0 Å². The Balaban J connectivity index is 1.42. The van der Waals surface area contributed by atoms with E-state index in [4.69, 9.17) is 11.3 Å². The highest BCUT2D eigenvalue weighted by Gasteiger charge is 2.21. The predicted octanol–water partition coefficient (Wildman–Crippen LogP) is 12.6. The molecule has 9 aromatic rings. The van der Waals surface area contributed by atoms with Gasteiger partial charge in [0.2, 0.25) is 0 Å². The number of furan rings is 1. The number of fused-ring (bicyclic) bond motifs is 5. The van der Waals surface area contributed by atoms with Crippen molar-refractivity contribution in [2.75, 3.05) is 0 Å². The molecule has 1 aromatic heterocycles. The molecule has 0 aliphatic rings. The maximum atomic E-state index is 8.83. The maximum absolute atomic E-state index is 8.83. The Labute approximate surface area is 268 Å². The van der Waals surface area contributed by atoms with Crippen molar-refractivity contribution in [1.29, 1.82) is 0 Å². The van der Waals surface area contributed by atoms with Crippen molar-refractivity contribution in [2.45, 2.75) is 0 Å². The molecule has 0 saturated carbocycles. The maximum Gasteiger partial charge on any atom is 0.136 e. The van der Waals surface area contributed by atoms with Crippen LogP contribution in [0.25, 0.3) is 88.0 Å². The number of rotatable bonds is 4. The first kappa shape index (κ1) is 20.9. The van der Waals surface area contributed by atoms with Crippen LogP contribution in [0.3, 0.4) is 0 Å². The zero-order valence-corrected chi connectivity index (χ0v) is 24.2. The third-order valence-corrected chi connectivity index (χ3v) is 8.73. The molecule has 0 atom stereocenters. The van der Waals surface area contributed by atoms with Crippen molar-refractivity contribution in [3.63, 3.8) is 0 Å². The Morgan fingerprint density at radius 3 is 1.67 bits per heavy atom. The second kappa shape index (κ2) is 10.4. The molecule has 0 unspecified atom stereocenters. The van der Waals surface area contributed by atoms with Crippen molar-refractivity contribution in [1.82, 2.24) is 0 Å². The first-order chi connectivity index (χ1) is 24.4. The van der Waals surface area contributed by atoms with E-state index >= 15 is 0 Å². The van der Waals surface area contributed by atoms with Gasteiger partial charge in [-0.25, -0.2) is 0 Å². The van der Waals surface area contributed by atoms with Gasteiger partial charge in [-0.2, -0.15) is 0 Å². The van der Waals surface area contributed by atoms with E-state index in [0.29, 0.717) is 16.7 Å². The number of benzene rings is 8. The lowest BCUT2D eigenvalue weighted by Crippen LogP contribution is -1.92. The Hall–Kier alpha value is -5.92. The first-order valence-corrected chi connectivity index (χ1v) is 15.0. The fraction of sp³-hybridized carbons (Fsp3) is 0. The summed E-state index contributed by atoms with van der Waals surface area (Å²) < 4.78 is 49.1. The van der Waals surface area contributed by atoms with Crippen LogP contribution in [-0.2, 0) is 0 Å². The lowest BCUT2D eigenvalue weighted by atomic mass is 9.83. The lowest BCUT2D eigenvalue weighted by molar-refractivity contribution is 0.669. The minimum Gasteiger partial charge on any atom is -0.456 e. The fourth-order valence-corrected chi connectivity index (χ4v) is 6.80. The number of hydrogen-bond acceptors (Lipinski definition) is 1. The molecule has 0 aliphatic carbocycles. The van der Waals surface area contributed by atoms with Crippen molar-refractivity contribution in [2.24, 2.45) is 0 Å². The van der Waals surface area contributed by atoms with E-state index < -0.39 is 6.04 Å². The van der Waals surface area contributed by atoms with Crippen molar-refractivity contribution in [3.05, 3.63) is 170 Å². The molecule has 1 heteroatoms. The van der Waals surface area contributed by atoms with Crippen molar-refractivity contribution >= 4 is 43.5 Å². The quantitative estimate of drug-likeness (QED) is 0.190. The first-order valence-electron chi connectivity index (χ1n) is 17.5. The molecule has 210 valence electrons. The molecule has 0 aliphatic heterocycles. The van der Waals surface area contributed by atoms with Gasteiger partial charge in [-0.3, -0.25) is 0 Å². The summed E-state index contributed by atoms with van der Waals surface area (Å²) in [6.45, 7) is 0. The summed E-state index contributed by atoms with van der Waals surface area (Å²) in [4.78, 5) is 0. The van der Waals surface area contributed by atoms with Crippen LogP contribution in [0.4, 0.5) is 0 Å². The standard InChI is InChI=1S/C44H28O/c1-3-14-29(15-4-1)31-18-13-19-32(26-31)42-34-20-7-9-22-36(34)43(37-23-10-8-21-35(37)42)39-27-33(30-16-5-2-6-17-30)28-41-44(39)38-24-11-12-25-40(38)45-41/h1-28H/i2D,5D,6D,16D,17D. The topological polar surface area (TPSA) is 13.1 Å². The second-order valence-electron chi connectivity index (χ2n) is 11.3. The van der Waals surface area contributed by atoms with Crippen LogP contribution in [-0.4, -0.2) is 0 Å². The monoisotopic (exact) mass is 577 g/mol. The third-order valence-electron chi connectivity index (χ3n) is 8.73. The summed E-state index contributed by atoms with van der Waals surface area (Å²) in [5, 5.41) is 6.09. The summed E-state index contributed by atoms with van der Waals surface area (Å²) in [5.74, 6) is 0. The molecular weight excluding hydrogens is 544 g/mol. The van der Waals surface area contributed by atoms with E-state index in [-0.39, 0.29) is 29.7 Å². The Bertz CT molecular complexity index is 2730. The van der Waals surface area contributed by atoms with Crippen LogP contribution in [0.2, 0.25) is 0 Å². The smallest absolute Gasteiger partial charge is 0.136 e. The van der Waals surface area contributed by atoms with Gasteiger partial charge in [0.1, 0.15) is 11.2 Å². The average Bonchev–Trinajstić information content (AvgIpc) is 3.54. The molecule has 0 radical (unpaired) electrons. The van der Waals surface area contributed by atoms with E-state index in [2.05, 4.69) is 97.1 Å². The van der Waals surface area contributed by atoms with Crippen molar-refractivity contribution in [3.8, 4) is 44.5 Å². The van der Waals surface area contributed by atoms with Gasteiger partial charge in [-0.1, -0.05) is 145 Å².